The zero-order valence-electron chi connectivity index (χ0n) is 14.9. The number of carbonyl (C=O) groups is 1. The summed E-state index contributed by atoms with van der Waals surface area (Å²) in [7, 11) is 0. The molecule has 0 unspecified atom stereocenters. The standard InChI is InChI=1S/C21H17N3OS2/c1-13-19(27-14(2)22-13)20(25)24-21-23-18(12-26-21)17-10-8-16(9-11-17)15-6-4-3-5-7-15/h3-12H,1-2H3,(H,23,24,25). The Bertz CT molecular complexity index is 1080. The van der Waals surface area contributed by atoms with E-state index in [0.29, 0.717) is 10.0 Å². The molecule has 1 N–H and O–H groups in total. The smallest absolute Gasteiger partial charge is 0.269 e. The van der Waals surface area contributed by atoms with Crippen LogP contribution < -0.4 is 5.32 Å². The Labute approximate surface area is 165 Å². The van der Waals surface area contributed by atoms with E-state index in [1.807, 2.05) is 37.4 Å². The van der Waals surface area contributed by atoms with Crippen molar-refractivity contribution in [3.8, 4) is 22.4 Å². The molecule has 27 heavy (non-hydrogen) atoms. The first-order chi connectivity index (χ1) is 13.1. The predicted octanol–water partition coefficient (Wildman–Crippen LogP) is 5.80. The Hall–Kier alpha value is -2.83. The maximum absolute atomic E-state index is 12.4. The van der Waals surface area contributed by atoms with E-state index in [1.165, 1.54) is 33.8 Å². The van der Waals surface area contributed by atoms with Crippen molar-refractivity contribution < 1.29 is 4.79 Å². The van der Waals surface area contributed by atoms with Gasteiger partial charge in [0.1, 0.15) is 4.88 Å². The highest BCUT2D eigenvalue weighted by molar-refractivity contribution is 7.15. The van der Waals surface area contributed by atoms with E-state index >= 15 is 0 Å². The normalized spacial score (nSPS) is 10.7. The number of anilines is 1. The quantitative estimate of drug-likeness (QED) is 0.478. The van der Waals surface area contributed by atoms with Gasteiger partial charge in [0.25, 0.3) is 5.91 Å². The van der Waals surface area contributed by atoms with Crippen molar-refractivity contribution in [1.82, 2.24) is 9.97 Å². The van der Waals surface area contributed by atoms with Gasteiger partial charge in [-0.15, -0.1) is 22.7 Å². The van der Waals surface area contributed by atoms with E-state index in [0.717, 1.165) is 22.0 Å². The Morgan fingerprint density at radius 3 is 2.22 bits per heavy atom. The second kappa shape index (κ2) is 7.42. The molecule has 4 rings (SSSR count). The first-order valence-corrected chi connectivity index (χ1v) is 10.2. The molecule has 0 atom stereocenters. The molecule has 6 heteroatoms. The lowest BCUT2D eigenvalue weighted by Crippen LogP contribution is -2.11. The molecule has 2 aromatic heterocycles. The third-order valence-electron chi connectivity index (χ3n) is 4.12. The van der Waals surface area contributed by atoms with Gasteiger partial charge in [-0.3, -0.25) is 10.1 Å². The van der Waals surface area contributed by atoms with Gasteiger partial charge in [0, 0.05) is 10.9 Å². The van der Waals surface area contributed by atoms with Crippen LogP contribution in [0.1, 0.15) is 20.4 Å². The summed E-state index contributed by atoms with van der Waals surface area (Å²) in [5, 5.41) is 6.31. The number of rotatable bonds is 4. The highest BCUT2D eigenvalue weighted by Gasteiger charge is 2.15. The fourth-order valence-corrected chi connectivity index (χ4v) is 4.35. The molecule has 0 aliphatic heterocycles. The zero-order valence-corrected chi connectivity index (χ0v) is 16.5. The third kappa shape index (κ3) is 3.82. The highest BCUT2D eigenvalue weighted by atomic mass is 32.1. The molecule has 2 aromatic carbocycles. The van der Waals surface area contributed by atoms with E-state index in [-0.39, 0.29) is 5.91 Å². The maximum atomic E-state index is 12.4. The number of thiazole rings is 2. The van der Waals surface area contributed by atoms with Gasteiger partial charge in [0.15, 0.2) is 5.13 Å². The summed E-state index contributed by atoms with van der Waals surface area (Å²) < 4.78 is 0. The summed E-state index contributed by atoms with van der Waals surface area (Å²) in [6, 6.07) is 18.5. The van der Waals surface area contributed by atoms with E-state index in [9.17, 15) is 4.79 Å². The van der Waals surface area contributed by atoms with E-state index < -0.39 is 0 Å². The fourth-order valence-electron chi connectivity index (χ4n) is 2.82. The molecule has 0 spiro atoms. The molecule has 1 amide bonds. The fraction of sp³-hybridized carbons (Fsp3) is 0.0952. The molecule has 0 saturated heterocycles. The molecule has 0 bridgehead atoms. The molecule has 0 fully saturated rings. The Balaban J connectivity index is 1.51. The second-order valence-corrected chi connectivity index (χ2v) is 8.14. The first-order valence-electron chi connectivity index (χ1n) is 8.47. The largest absolute Gasteiger partial charge is 0.297 e. The summed E-state index contributed by atoms with van der Waals surface area (Å²) in [6.45, 7) is 3.75. The van der Waals surface area contributed by atoms with E-state index in [2.05, 4.69) is 51.7 Å². The maximum Gasteiger partial charge on any atom is 0.269 e. The number of carbonyl (C=O) groups excluding carboxylic acids is 1. The average Bonchev–Trinajstić information content (AvgIpc) is 3.28. The van der Waals surface area contributed by atoms with Crippen LogP contribution in [-0.2, 0) is 0 Å². The predicted molar refractivity (Wildman–Crippen MR) is 113 cm³/mol. The van der Waals surface area contributed by atoms with Gasteiger partial charge in [-0.1, -0.05) is 54.6 Å². The minimum atomic E-state index is -0.154. The molecular formula is C21H17N3OS2. The summed E-state index contributed by atoms with van der Waals surface area (Å²) in [4.78, 5) is 21.9. The Kier molecular flexibility index (Phi) is 4.83. The summed E-state index contributed by atoms with van der Waals surface area (Å²) in [5.41, 5.74) is 4.98. The number of nitrogens with zero attached hydrogens (tertiary/aromatic N) is 2. The van der Waals surface area contributed by atoms with Crippen LogP contribution in [0.5, 0.6) is 0 Å². The molecule has 0 aliphatic rings. The number of hydrogen-bond donors (Lipinski definition) is 1. The van der Waals surface area contributed by atoms with Gasteiger partial charge in [-0.25, -0.2) is 9.97 Å². The Morgan fingerprint density at radius 2 is 1.56 bits per heavy atom. The Morgan fingerprint density at radius 1 is 0.889 bits per heavy atom. The number of aromatic nitrogens is 2. The minimum Gasteiger partial charge on any atom is -0.297 e. The van der Waals surface area contributed by atoms with Crippen LogP contribution in [0.25, 0.3) is 22.4 Å². The second-order valence-electron chi connectivity index (χ2n) is 6.08. The van der Waals surface area contributed by atoms with E-state index in [1.54, 1.807) is 0 Å². The highest BCUT2D eigenvalue weighted by Crippen LogP contribution is 2.28. The number of nitrogens with one attached hydrogen (secondary N) is 1. The number of benzene rings is 2. The van der Waals surface area contributed by atoms with Gasteiger partial charge in [-0.05, 0) is 25.0 Å². The SMILES string of the molecule is Cc1nc(C)c(C(=O)Nc2nc(-c3ccc(-c4ccccc4)cc3)cs2)s1. The zero-order chi connectivity index (χ0) is 18.8. The topological polar surface area (TPSA) is 54.9 Å². The third-order valence-corrected chi connectivity index (χ3v) is 5.95. The number of hydrogen-bond acceptors (Lipinski definition) is 5. The molecule has 134 valence electrons. The van der Waals surface area contributed by atoms with Crippen molar-refractivity contribution in [3.63, 3.8) is 0 Å². The van der Waals surface area contributed by atoms with Gasteiger partial charge in [0.2, 0.25) is 0 Å². The van der Waals surface area contributed by atoms with Crippen molar-refractivity contribution >= 4 is 33.7 Å². The molecular weight excluding hydrogens is 374 g/mol. The molecule has 0 radical (unpaired) electrons. The van der Waals surface area contributed by atoms with Crippen molar-refractivity contribution in [3.05, 3.63) is 75.6 Å². The summed E-state index contributed by atoms with van der Waals surface area (Å²) in [6.07, 6.45) is 0. The molecule has 0 aliphatic carbocycles. The van der Waals surface area contributed by atoms with Crippen molar-refractivity contribution in [2.75, 3.05) is 5.32 Å². The van der Waals surface area contributed by atoms with Crippen molar-refractivity contribution in [1.29, 1.82) is 0 Å². The van der Waals surface area contributed by atoms with Crippen molar-refractivity contribution in [2.45, 2.75) is 13.8 Å². The molecule has 4 aromatic rings. The lowest BCUT2D eigenvalue weighted by molar-refractivity contribution is 0.103. The van der Waals surface area contributed by atoms with Crippen LogP contribution in [0.3, 0.4) is 0 Å². The van der Waals surface area contributed by atoms with Crippen LogP contribution in [0, 0.1) is 13.8 Å². The van der Waals surface area contributed by atoms with Crippen LogP contribution >= 0.6 is 22.7 Å². The van der Waals surface area contributed by atoms with Gasteiger partial charge in [-0.2, -0.15) is 0 Å². The van der Waals surface area contributed by atoms with Crippen LogP contribution in [-0.4, -0.2) is 15.9 Å². The van der Waals surface area contributed by atoms with E-state index in [4.69, 9.17) is 0 Å². The van der Waals surface area contributed by atoms with Crippen LogP contribution in [0.2, 0.25) is 0 Å². The molecule has 4 nitrogen and oxygen atoms in total. The lowest BCUT2D eigenvalue weighted by atomic mass is 10.0. The summed E-state index contributed by atoms with van der Waals surface area (Å²) >= 11 is 2.82. The van der Waals surface area contributed by atoms with Gasteiger partial charge >= 0.3 is 0 Å². The number of amides is 1. The average molecular weight is 392 g/mol. The monoisotopic (exact) mass is 391 g/mol. The molecule has 0 saturated carbocycles. The van der Waals surface area contributed by atoms with Gasteiger partial charge < -0.3 is 0 Å². The van der Waals surface area contributed by atoms with Crippen LogP contribution in [0.4, 0.5) is 5.13 Å². The van der Waals surface area contributed by atoms with Crippen molar-refractivity contribution in [2.24, 2.45) is 0 Å². The van der Waals surface area contributed by atoms with Crippen LogP contribution in [0.15, 0.2) is 60.0 Å². The number of aryl methyl sites for hydroxylation is 2. The minimum absolute atomic E-state index is 0.154. The lowest BCUT2D eigenvalue weighted by Gasteiger charge is -2.03. The first kappa shape index (κ1) is 17.6. The van der Waals surface area contributed by atoms with Gasteiger partial charge in [0.05, 0.1) is 16.4 Å². The molecule has 2 heterocycles. The summed E-state index contributed by atoms with van der Waals surface area (Å²) in [5.74, 6) is -0.154.